The average Bonchev–Trinajstić information content (AvgIpc) is 2.40. The highest BCUT2D eigenvalue weighted by molar-refractivity contribution is 9.10. The predicted octanol–water partition coefficient (Wildman–Crippen LogP) is 5.10. The summed E-state index contributed by atoms with van der Waals surface area (Å²) in [6.45, 7) is 6.07. The number of halogens is 2. The summed E-state index contributed by atoms with van der Waals surface area (Å²) in [4.78, 5) is 12.1. The zero-order valence-corrected chi connectivity index (χ0v) is 13.7. The molecule has 0 aliphatic rings. The summed E-state index contributed by atoms with van der Waals surface area (Å²) in [5.41, 5.74) is 0.607. The number of rotatable bonds is 2. The van der Waals surface area contributed by atoms with Gasteiger partial charge in [0, 0.05) is 10.0 Å². The van der Waals surface area contributed by atoms with E-state index in [2.05, 4.69) is 15.9 Å². The standard InChI is InChI=1S/C17H16BrFO2/c1-17(2,3)13-10-11(18)8-9-15(13)21-16(20)12-6-4-5-7-14(12)19/h4-10H,1-3H3. The molecule has 2 aromatic rings. The van der Waals surface area contributed by atoms with Crippen molar-refractivity contribution in [3.63, 3.8) is 0 Å². The van der Waals surface area contributed by atoms with Gasteiger partial charge in [-0.2, -0.15) is 0 Å². The Kier molecular flexibility index (Phi) is 4.47. The Hall–Kier alpha value is -1.68. The Labute approximate surface area is 132 Å². The molecule has 0 aromatic heterocycles. The summed E-state index contributed by atoms with van der Waals surface area (Å²) >= 11 is 3.41. The van der Waals surface area contributed by atoms with Crippen LogP contribution in [-0.4, -0.2) is 5.97 Å². The van der Waals surface area contributed by atoms with Crippen molar-refractivity contribution < 1.29 is 13.9 Å². The fraction of sp³-hybridized carbons (Fsp3) is 0.235. The molecule has 4 heteroatoms. The Balaban J connectivity index is 2.36. The Morgan fingerprint density at radius 1 is 1.14 bits per heavy atom. The molecular weight excluding hydrogens is 335 g/mol. The van der Waals surface area contributed by atoms with Crippen molar-refractivity contribution in [1.29, 1.82) is 0 Å². The fourth-order valence-electron chi connectivity index (χ4n) is 1.96. The van der Waals surface area contributed by atoms with Gasteiger partial charge in [-0.05, 0) is 35.7 Å². The lowest BCUT2D eigenvalue weighted by atomic mass is 9.86. The van der Waals surface area contributed by atoms with Gasteiger partial charge in [-0.3, -0.25) is 0 Å². The molecule has 0 aliphatic carbocycles. The molecule has 21 heavy (non-hydrogen) atoms. The van der Waals surface area contributed by atoms with Crippen LogP contribution in [0.2, 0.25) is 0 Å². The molecule has 0 unspecified atom stereocenters. The minimum atomic E-state index is -0.694. The van der Waals surface area contributed by atoms with Gasteiger partial charge in [0.25, 0.3) is 0 Å². The first-order chi connectivity index (χ1) is 9.79. The van der Waals surface area contributed by atoms with E-state index in [1.54, 1.807) is 18.2 Å². The number of carbonyl (C=O) groups is 1. The van der Waals surface area contributed by atoms with Crippen molar-refractivity contribution in [1.82, 2.24) is 0 Å². The van der Waals surface area contributed by atoms with Crippen LogP contribution in [0.1, 0.15) is 36.7 Å². The third-order valence-corrected chi connectivity index (χ3v) is 3.54. The maximum absolute atomic E-state index is 13.6. The highest BCUT2D eigenvalue weighted by atomic mass is 79.9. The van der Waals surface area contributed by atoms with Crippen LogP contribution in [0.3, 0.4) is 0 Å². The molecule has 0 bridgehead atoms. The molecule has 0 fully saturated rings. The second kappa shape index (κ2) is 5.98. The Bertz CT molecular complexity index is 675. The summed E-state index contributed by atoms with van der Waals surface area (Å²) in [6, 6.07) is 11.2. The highest BCUT2D eigenvalue weighted by Gasteiger charge is 2.22. The van der Waals surface area contributed by atoms with E-state index >= 15 is 0 Å². The molecule has 0 aliphatic heterocycles. The number of hydrogen-bond acceptors (Lipinski definition) is 2. The van der Waals surface area contributed by atoms with Gasteiger partial charge in [-0.15, -0.1) is 0 Å². The SMILES string of the molecule is CC(C)(C)c1cc(Br)ccc1OC(=O)c1ccccc1F. The zero-order valence-electron chi connectivity index (χ0n) is 12.1. The number of benzene rings is 2. The van der Waals surface area contributed by atoms with E-state index in [1.807, 2.05) is 26.8 Å². The van der Waals surface area contributed by atoms with E-state index in [4.69, 9.17) is 4.74 Å². The first kappa shape index (κ1) is 15.7. The molecule has 110 valence electrons. The quantitative estimate of drug-likeness (QED) is 0.556. The summed E-state index contributed by atoms with van der Waals surface area (Å²) in [7, 11) is 0. The minimum absolute atomic E-state index is 0.0692. The zero-order chi connectivity index (χ0) is 15.6. The van der Waals surface area contributed by atoms with Crippen LogP contribution in [0.15, 0.2) is 46.9 Å². The molecule has 0 amide bonds. The average molecular weight is 351 g/mol. The summed E-state index contributed by atoms with van der Waals surface area (Å²) in [5.74, 6) is -0.836. The molecule has 0 saturated heterocycles. The van der Waals surface area contributed by atoms with Crippen molar-refractivity contribution in [2.75, 3.05) is 0 Å². The van der Waals surface area contributed by atoms with Crippen LogP contribution < -0.4 is 4.74 Å². The Morgan fingerprint density at radius 3 is 2.43 bits per heavy atom. The fourth-order valence-corrected chi connectivity index (χ4v) is 2.32. The molecule has 0 heterocycles. The molecule has 0 radical (unpaired) electrons. The summed E-state index contributed by atoms with van der Waals surface area (Å²) in [6.07, 6.45) is 0. The smallest absolute Gasteiger partial charge is 0.346 e. The summed E-state index contributed by atoms with van der Waals surface area (Å²) < 4.78 is 19.9. The normalized spacial score (nSPS) is 11.3. The van der Waals surface area contributed by atoms with E-state index in [-0.39, 0.29) is 11.0 Å². The van der Waals surface area contributed by atoms with Crippen LogP contribution >= 0.6 is 15.9 Å². The molecule has 2 nitrogen and oxygen atoms in total. The molecule has 0 atom stereocenters. The van der Waals surface area contributed by atoms with Crippen molar-refractivity contribution in [2.45, 2.75) is 26.2 Å². The molecule has 2 aromatic carbocycles. The van der Waals surface area contributed by atoms with Gasteiger partial charge in [-0.1, -0.05) is 48.8 Å². The molecule has 0 saturated carbocycles. The number of hydrogen-bond donors (Lipinski definition) is 0. The maximum atomic E-state index is 13.6. The van der Waals surface area contributed by atoms with E-state index in [0.717, 1.165) is 10.0 Å². The van der Waals surface area contributed by atoms with Crippen LogP contribution in [-0.2, 0) is 5.41 Å². The highest BCUT2D eigenvalue weighted by Crippen LogP contribution is 2.34. The lowest BCUT2D eigenvalue weighted by Gasteiger charge is -2.22. The van der Waals surface area contributed by atoms with E-state index in [1.165, 1.54) is 18.2 Å². The summed E-state index contributed by atoms with van der Waals surface area (Å²) in [5, 5.41) is 0. The topological polar surface area (TPSA) is 26.3 Å². The number of carbonyl (C=O) groups excluding carboxylic acids is 1. The predicted molar refractivity (Wildman–Crippen MR) is 84.2 cm³/mol. The van der Waals surface area contributed by atoms with Crippen molar-refractivity contribution in [2.24, 2.45) is 0 Å². The van der Waals surface area contributed by atoms with Crippen molar-refractivity contribution in [3.05, 3.63) is 63.9 Å². The van der Waals surface area contributed by atoms with Gasteiger partial charge in [0.05, 0.1) is 5.56 Å². The van der Waals surface area contributed by atoms with Gasteiger partial charge >= 0.3 is 5.97 Å². The maximum Gasteiger partial charge on any atom is 0.346 e. The lowest BCUT2D eigenvalue weighted by Crippen LogP contribution is -2.17. The molecule has 0 N–H and O–H groups in total. The van der Waals surface area contributed by atoms with E-state index in [0.29, 0.717) is 5.75 Å². The van der Waals surface area contributed by atoms with Gasteiger partial charge in [0.2, 0.25) is 0 Å². The van der Waals surface area contributed by atoms with Gasteiger partial charge in [-0.25, -0.2) is 9.18 Å². The van der Waals surface area contributed by atoms with E-state index < -0.39 is 11.8 Å². The number of ether oxygens (including phenoxy) is 1. The largest absolute Gasteiger partial charge is 0.423 e. The van der Waals surface area contributed by atoms with Crippen LogP contribution in [0.5, 0.6) is 5.75 Å². The van der Waals surface area contributed by atoms with Crippen LogP contribution in [0, 0.1) is 5.82 Å². The lowest BCUT2D eigenvalue weighted by molar-refractivity contribution is 0.0727. The number of esters is 1. The van der Waals surface area contributed by atoms with Crippen molar-refractivity contribution in [3.8, 4) is 5.75 Å². The van der Waals surface area contributed by atoms with Crippen molar-refractivity contribution >= 4 is 21.9 Å². The molecule has 0 spiro atoms. The van der Waals surface area contributed by atoms with Gasteiger partial charge < -0.3 is 4.74 Å². The monoisotopic (exact) mass is 350 g/mol. The first-order valence-electron chi connectivity index (χ1n) is 6.56. The first-order valence-corrected chi connectivity index (χ1v) is 7.35. The Morgan fingerprint density at radius 2 is 1.81 bits per heavy atom. The minimum Gasteiger partial charge on any atom is -0.423 e. The van der Waals surface area contributed by atoms with Gasteiger partial charge in [0.15, 0.2) is 0 Å². The third-order valence-electron chi connectivity index (χ3n) is 3.05. The van der Waals surface area contributed by atoms with Crippen LogP contribution in [0.25, 0.3) is 0 Å². The second-order valence-electron chi connectivity index (χ2n) is 5.76. The molecular formula is C17H16BrFO2. The third kappa shape index (κ3) is 3.70. The van der Waals surface area contributed by atoms with E-state index in [9.17, 15) is 9.18 Å². The molecule has 2 rings (SSSR count). The van der Waals surface area contributed by atoms with Crippen LogP contribution in [0.4, 0.5) is 4.39 Å². The van der Waals surface area contributed by atoms with Gasteiger partial charge in [0.1, 0.15) is 11.6 Å². The second-order valence-corrected chi connectivity index (χ2v) is 6.68.